The summed E-state index contributed by atoms with van der Waals surface area (Å²) in [6.07, 6.45) is 2.20. The number of anilines is 2. The summed E-state index contributed by atoms with van der Waals surface area (Å²) in [4.78, 5) is 13.9. The molecule has 0 amide bonds. The molecule has 2 atom stereocenters. The molecule has 2 aliphatic rings. The lowest BCUT2D eigenvalue weighted by Gasteiger charge is -2.30. The zero-order valence-electron chi connectivity index (χ0n) is 22.7. The molecular formula is C35H34N2O3. The van der Waals surface area contributed by atoms with Gasteiger partial charge in [0.2, 0.25) is 0 Å². The summed E-state index contributed by atoms with van der Waals surface area (Å²) in [5.74, 6) is 1.91. The molecule has 2 unspecified atom stereocenters. The highest BCUT2D eigenvalue weighted by Crippen LogP contribution is 2.44. The van der Waals surface area contributed by atoms with Gasteiger partial charge >= 0.3 is 0 Å². The van der Waals surface area contributed by atoms with Gasteiger partial charge in [0.25, 0.3) is 0 Å². The molecule has 0 spiro atoms. The highest BCUT2D eigenvalue weighted by atomic mass is 16.5. The maximum absolute atomic E-state index is 13.9. The Hall–Kier alpha value is -4.51. The van der Waals surface area contributed by atoms with E-state index in [9.17, 15) is 4.79 Å². The summed E-state index contributed by atoms with van der Waals surface area (Å²) in [6.45, 7) is 3.29. The number of Topliss-reactive ketones (excluding diaryl/α,β-unsaturated/α-hetero) is 1. The summed E-state index contributed by atoms with van der Waals surface area (Å²) in [6, 6.07) is 34.3. The van der Waals surface area contributed by atoms with Crippen LogP contribution in [-0.4, -0.2) is 12.4 Å². The van der Waals surface area contributed by atoms with Crippen LogP contribution in [0.4, 0.5) is 11.4 Å². The number of carbonyl (C=O) groups excluding carboxylic acids is 1. The standard InChI is InChI=1S/C35H34N2O3/c1-2-19-39-28-17-15-25(16-18-28)27-21-32-34(33(38)22-27)35(37-31-14-7-6-13-30(31)36-32)26-11-8-12-29(20-26)40-23-24-9-4-3-5-10-24/h3-18,20,27,35-37H,2,19,21-23H2,1H3. The fourth-order valence-corrected chi connectivity index (χ4v) is 5.56. The van der Waals surface area contributed by atoms with Gasteiger partial charge in [0.05, 0.1) is 24.0 Å². The van der Waals surface area contributed by atoms with Crippen molar-refractivity contribution in [3.8, 4) is 11.5 Å². The predicted octanol–water partition coefficient (Wildman–Crippen LogP) is 8.03. The lowest BCUT2D eigenvalue weighted by atomic mass is 9.78. The molecule has 0 fully saturated rings. The lowest BCUT2D eigenvalue weighted by molar-refractivity contribution is -0.116. The van der Waals surface area contributed by atoms with Crippen LogP contribution in [0.2, 0.25) is 0 Å². The van der Waals surface area contributed by atoms with E-state index in [1.807, 2.05) is 60.7 Å². The van der Waals surface area contributed by atoms with Gasteiger partial charge in [-0.25, -0.2) is 0 Å². The van der Waals surface area contributed by atoms with Crippen molar-refractivity contribution in [2.75, 3.05) is 17.2 Å². The number of fused-ring (bicyclic) bond motifs is 1. The number of nitrogens with one attached hydrogen (secondary N) is 2. The van der Waals surface area contributed by atoms with Gasteiger partial charge in [0.15, 0.2) is 5.78 Å². The van der Waals surface area contributed by atoms with E-state index in [-0.39, 0.29) is 17.7 Å². The maximum atomic E-state index is 13.9. The van der Waals surface area contributed by atoms with Crippen molar-refractivity contribution >= 4 is 17.2 Å². The molecule has 202 valence electrons. The third kappa shape index (κ3) is 5.59. The van der Waals surface area contributed by atoms with Gasteiger partial charge in [-0.1, -0.05) is 73.7 Å². The molecule has 4 aromatic rings. The Balaban J connectivity index is 1.31. The molecule has 0 aromatic heterocycles. The zero-order valence-corrected chi connectivity index (χ0v) is 22.7. The topological polar surface area (TPSA) is 59.6 Å². The van der Waals surface area contributed by atoms with E-state index in [1.165, 1.54) is 0 Å². The van der Waals surface area contributed by atoms with Crippen molar-refractivity contribution in [3.63, 3.8) is 0 Å². The summed E-state index contributed by atoms with van der Waals surface area (Å²) >= 11 is 0. The first-order valence-electron chi connectivity index (χ1n) is 14.1. The maximum Gasteiger partial charge on any atom is 0.163 e. The summed E-state index contributed by atoms with van der Waals surface area (Å²) < 4.78 is 11.9. The zero-order chi connectivity index (χ0) is 27.3. The molecule has 4 aromatic carbocycles. The number of rotatable bonds is 8. The minimum atomic E-state index is -0.287. The van der Waals surface area contributed by atoms with Gasteiger partial charge in [0.1, 0.15) is 18.1 Å². The lowest BCUT2D eigenvalue weighted by Crippen LogP contribution is -2.26. The van der Waals surface area contributed by atoms with Gasteiger partial charge in [-0.15, -0.1) is 0 Å². The molecule has 1 aliphatic heterocycles. The first kappa shape index (κ1) is 25.8. The molecule has 0 saturated carbocycles. The molecule has 5 nitrogen and oxygen atoms in total. The minimum absolute atomic E-state index is 0.102. The van der Waals surface area contributed by atoms with Gasteiger partial charge in [-0.2, -0.15) is 0 Å². The molecule has 6 rings (SSSR count). The minimum Gasteiger partial charge on any atom is -0.494 e. The van der Waals surface area contributed by atoms with Crippen molar-refractivity contribution in [3.05, 3.63) is 131 Å². The van der Waals surface area contributed by atoms with Crippen molar-refractivity contribution in [1.82, 2.24) is 0 Å². The monoisotopic (exact) mass is 530 g/mol. The van der Waals surface area contributed by atoms with E-state index in [4.69, 9.17) is 9.47 Å². The Kier molecular flexibility index (Phi) is 7.53. The molecule has 2 N–H and O–H groups in total. The van der Waals surface area contributed by atoms with Crippen molar-refractivity contribution in [2.45, 2.75) is 44.8 Å². The fraction of sp³-hybridized carbons (Fsp3) is 0.229. The van der Waals surface area contributed by atoms with Gasteiger partial charge < -0.3 is 20.1 Å². The third-order valence-electron chi connectivity index (χ3n) is 7.57. The molecule has 0 radical (unpaired) electrons. The van der Waals surface area contributed by atoms with Crippen LogP contribution < -0.4 is 20.1 Å². The molecule has 40 heavy (non-hydrogen) atoms. The highest BCUT2D eigenvalue weighted by Gasteiger charge is 2.36. The summed E-state index contributed by atoms with van der Waals surface area (Å²) in [7, 11) is 0. The van der Waals surface area contributed by atoms with Gasteiger partial charge in [-0.3, -0.25) is 4.79 Å². The highest BCUT2D eigenvalue weighted by molar-refractivity contribution is 6.01. The Labute approximate surface area is 235 Å². The number of ether oxygens (including phenoxy) is 2. The molecule has 0 bridgehead atoms. The van der Waals surface area contributed by atoms with Gasteiger partial charge in [0, 0.05) is 17.7 Å². The first-order chi connectivity index (χ1) is 19.7. The Morgan fingerprint density at radius 1 is 0.750 bits per heavy atom. The van der Waals surface area contributed by atoms with E-state index in [0.717, 1.165) is 63.7 Å². The van der Waals surface area contributed by atoms with E-state index in [2.05, 4.69) is 60.0 Å². The second kappa shape index (κ2) is 11.7. The second-order valence-corrected chi connectivity index (χ2v) is 10.4. The van der Waals surface area contributed by atoms with E-state index in [0.29, 0.717) is 19.6 Å². The smallest absolute Gasteiger partial charge is 0.163 e. The molecule has 1 heterocycles. The SMILES string of the molecule is CCCOc1ccc(C2CC(=O)C3=C(C2)Nc2ccccc2NC3c2cccc(OCc3ccccc3)c2)cc1. The first-order valence-corrected chi connectivity index (χ1v) is 14.1. The van der Waals surface area contributed by atoms with Gasteiger partial charge in [-0.05, 0) is 71.8 Å². The largest absolute Gasteiger partial charge is 0.494 e. The van der Waals surface area contributed by atoms with E-state index >= 15 is 0 Å². The average Bonchev–Trinajstić information content (AvgIpc) is 3.17. The average molecular weight is 531 g/mol. The van der Waals surface area contributed by atoms with Crippen LogP contribution in [0.15, 0.2) is 114 Å². The summed E-state index contributed by atoms with van der Waals surface area (Å²) in [5, 5.41) is 7.31. The fourth-order valence-electron chi connectivity index (χ4n) is 5.56. The van der Waals surface area contributed by atoms with Crippen LogP contribution >= 0.6 is 0 Å². The van der Waals surface area contributed by atoms with Crippen molar-refractivity contribution < 1.29 is 14.3 Å². The number of para-hydroxylation sites is 2. The van der Waals surface area contributed by atoms with Crippen molar-refractivity contribution in [1.29, 1.82) is 0 Å². The van der Waals surface area contributed by atoms with Crippen LogP contribution in [0.1, 0.15) is 54.8 Å². The second-order valence-electron chi connectivity index (χ2n) is 10.4. The molecular weight excluding hydrogens is 496 g/mol. The number of allylic oxidation sites excluding steroid dienone is 1. The number of ketones is 1. The molecule has 0 saturated heterocycles. The Morgan fingerprint density at radius 2 is 1.52 bits per heavy atom. The molecule has 1 aliphatic carbocycles. The van der Waals surface area contributed by atoms with Crippen LogP contribution in [0.25, 0.3) is 0 Å². The Bertz CT molecular complexity index is 1510. The number of hydrogen-bond acceptors (Lipinski definition) is 5. The van der Waals surface area contributed by atoms with Crippen LogP contribution in [-0.2, 0) is 11.4 Å². The summed E-state index contributed by atoms with van der Waals surface area (Å²) in [5.41, 5.74) is 7.00. The number of hydrogen-bond donors (Lipinski definition) is 2. The van der Waals surface area contributed by atoms with E-state index < -0.39 is 0 Å². The predicted molar refractivity (Wildman–Crippen MR) is 160 cm³/mol. The van der Waals surface area contributed by atoms with Crippen LogP contribution in [0.3, 0.4) is 0 Å². The molecule has 5 heteroatoms. The van der Waals surface area contributed by atoms with Crippen molar-refractivity contribution in [2.24, 2.45) is 0 Å². The van der Waals surface area contributed by atoms with Crippen LogP contribution in [0.5, 0.6) is 11.5 Å². The number of carbonyl (C=O) groups is 1. The third-order valence-corrected chi connectivity index (χ3v) is 7.57. The van der Waals surface area contributed by atoms with Crippen LogP contribution in [0, 0.1) is 0 Å². The normalized spacial score (nSPS) is 18.1. The van der Waals surface area contributed by atoms with E-state index in [1.54, 1.807) is 0 Å². The quantitative estimate of drug-likeness (QED) is 0.241. The Morgan fingerprint density at radius 3 is 2.33 bits per heavy atom. The number of benzene rings is 4.